The third-order valence-corrected chi connectivity index (χ3v) is 7.19. The third kappa shape index (κ3) is 4.43. The zero-order valence-corrected chi connectivity index (χ0v) is 21.6. The summed E-state index contributed by atoms with van der Waals surface area (Å²) in [4.78, 5) is 27.3. The van der Waals surface area contributed by atoms with Crippen molar-refractivity contribution in [2.75, 3.05) is 12.0 Å². The first kappa shape index (κ1) is 24.8. The quantitative estimate of drug-likeness (QED) is 0.210. The van der Waals surface area contributed by atoms with Crippen LogP contribution in [0.3, 0.4) is 0 Å². The lowest BCUT2D eigenvalue weighted by molar-refractivity contribution is -0.160. The molecule has 5 rings (SSSR count). The molecule has 2 aromatic heterocycles. The summed E-state index contributed by atoms with van der Waals surface area (Å²) >= 11 is 1.19. The molecule has 0 radical (unpaired) electrons. The van der Waals surface area contributed by atoms with Crippen LogP contribution in [-0.4, -0.2) is 51.6 Å². The molecular formula is C25H23N5O5S2. The number of amides is 2. The highest BCUT2D eigenvalue weighted by Crippen LogP contribution is 2.42. The molecule has 2 aromatic carbocycles. The first-order valence-electron chi connectivity index (χ1n) is 11.2. The van der Waals surface area contributed by atoms with Gasteiger partial charge in [0.1, 0.15) is 0 Å². The molecule has 0 saturated carbocycles. The van der Waals surface area contributed by atoms with Crippen LogP contribution in [0.15, 0.2) is 60.9 Å². The van der Waals surface area contributed by atoms with Crippen molar-refractivity contribution in [1.82, 2.24) is 14.2 Å². The second-order valence-corrected chi connectivity index (χ2v) is 11.3. The van der Waals surface area contributed by atoms with E-state index in [4.69, 9.17) is 15.4 Å². The number of carbonyl (C=O) groups excluding carboxylic acids is 2. The van der Waals surface area contributed by atoms with Gasteiger partial charge < -0.3 is 14.9 Å². The van der Waals surface area contributed by atoms with Gasteiger partial charge in [0.05, 0.1) is 17.4 Å². The highest BCUT2D eigenvalue weighted by molar-refractivity contribution is 8.13. The van der Waals surface area contributed by atoms with Gasteiger partial charge in [-0.25, -0.2) is 0 Å². The maximum atomic E-state index is 13.7. The number of aromatic nitrogens is 2. The summed E-state index contributed by atoms with van der Waals surface area (Å²) in [5.74, 6) is -1.19. The van der Waals surface area contributed by atoms with Crippen LogP contribution >= 0.6 is 11.8 Å². The number of nitrogens with zero attached hydrogens (tertiary/aromatic N) is 3. The molecule has 0 aliphatic carbocycles. The summed E-state index contributed by atoms with van der Waals surface area (Å²) in [5.41, 5.74) is 8.23. The van der Waals surface area contributed by atoms with E-state index in [1.807, 2.05) is 64.7 Å². The maximum Gasteiger partial charge on any atom is 0.287 e. The molecule has 1 aliphatic rings. The molecule has 0 fully saturated rings. The minimum absolute atomic E-state index is 0.00256. The van der Waals surface area contributed by atoms with Gasteiger partial charge in [0, 0.05) is 64.7 Å². The number of carbonyl (C=O) groups is 2. The number of thioether (sulfide) groups is 1. The second kappa shape index (κ2) is 9.21. The van der Waals surface area contributed by atoms with Crippen LogP contribution in [0.1, 0.15) is 11.1 Å². The summed E-state index contributed by atoms with van der Waals surface area (Å²) in [6, 6.07) is 14.9. The maximum absolute atomic E-state index is 13.7. The Bertz CT molecular complexity index is 1750. The summed E-state index contributed by atoms with van der Waals surface area (Å²) < 4.78 is 32.5. The number of nitrogens with two attached hydrogens (primary N) is 1. The monoisotopic (exact) mass is 537 g/mol. The highest BCUT2D eigenvalue weighted by atomic mass is 32.2. The van der Waals surface area contributed by atoms with Gasteiger partial charge in [0.2, 0.25) is 0 Å². The molecule has 3 heterocycles. The lowest BCUT2D eigenvalue weighted by Gasteiger charge is -2.11. The van der Waals surface area contributed by atoms with Crippen molar-refractivity contribution >= 4 is 71.8 Å². The lowest BCUT2D eigenvalue weighted by Crippen LogP contribution is -2.33. The van der Waals surface area contributed by atoms with Crippen LogP contribution in [0.25, 0.3) is 33.0 Å². The van der Waals surface area contributed by atoms with E-state index in [-0.39, 0.29) is 16.3 Å². The van der Waals surface area contributed by atoms with Crippen molar-refractivity contribution in [3.63, 3.8) is 0 Å². The molecule has 4 aromatic rings. The van der Waals surface area contributed by atoms with Gasteiger partial charge in [-0.15, -0.1) is 9.35 Å². The lowest BCUT2D eigenvalue weighted by atomic mass is 9.95. The second-order valence-electron chi connectivity index (χ2n) is 8.57. The number of rotatable bonds is 7. The number of para-hydroxylation sites is 2. The molecule has 0 atom stereocenters. The van der Waals surface area contributed by atoms with Gasteiger partial charge >= 0.3 is 0 Å². The van der Waals surface area contributed by atoms with E-state index in [1.165, 1.54) is 11.8 Å². The molecule has 190 valence electrons. The predicted octanol–water partition coefficient (Wildman–Crippen LogP) is 2.93. The standard InChI is InChI=1S/C25H23N5O5S2/c1-28-13-17(15-7-3-5-9-19(15)28)21-22(24(32)30(23(21)31)35-37(2,33)34)18-14-29(11-12-36-25(26)27)20-10-6-4-8-16(18)20/h3-10,13-14H,11-12H2,1-2H3,(H3,26,27). The molecule has 10 nitrogen and oxygen atoms in total. The van der Waals surface area contributed by atoms with Crippen LogP contribution in [0.5, 0.6) is 0 Å². The fourth-order valence-electron chi connectivity index (χ4n) is 4.64. The van der Waals surface area contributed by atoms with Crippen molar-refractivity contribution < 1.29 is 22.3 Å². The van der Waals surface area contributed by atoms with Gasteiger partial charge in [-0.1, -0.05) is 48.2 Å². The predicted molar refractivity (Wildman–Crippen MR) is 144 cm³/mol. The zero-order chi connectivity index (χ0) is 26.5. The summed E-state index contributed by atoms with van der Waals surface area (Å²) in [6.45, 7) is 0.493. The molecule has 1 aliphatic heterocycles. The van der Waals surface area contributed by atoms with E-state index in [0.717, 1.165) is 22.7 Å². The van der Waals surface area contributed by atoms with E-state index < -0.39 is 21.9 Å². The fourth-order valence-corrected chi connectivity index (χ4v) is 5.55. The van der Waals surface area contributed by atoms with Gasteiger partial charge in [-0.05, 0) is 12.1 Å². The minimum Gasteiger partial charge on any atom is -0.379 e. The third-order valence-electron chi connectivity index (χ3n) is 6.07. The number of benzene rings is 2. The Morgan fingerprint density at radius 3 is 2.08 bits per heavy atom. The van der Waals surface area contributed by atoms with Crippen molar-refractivity contribution in [2.24, 2.45) is 12.8 Å². The first-order valence-corrected chi connectivity index (χ1v) is 14.0. The van der Waals surface area contributed by atoms with Gasteiger partial charge in [-0.3, -0.25) is 15.0 Å². The molecule has 0 spiro atoms. The van der Waals surface area contributed by atoms with Gasteiger partial charge in [0.15, 0.2) is 5.17 Å². The van der Waals surface area contributed by atoms with Crippen LogP contribution in [-0.2, 0) is 37.6 Å². The zero-order valence-electron chi connectivity index (χ0n) is 20.0. The number of hydrogen-bond donors (Lipinski definition) is 2. The van der Waals surface area contributed by atoms with E-state index in [1.54, 1.807) is 12.4 Å². The molecule has 0 unspecified atom stereocenters. The van der Waals surface area contributed by atoms with Crippen LogP contribution in [0, 0.1) is 5.41 Å². The van der Waals surface area contributed by atoms with Crippen molar-refractivity contribution in [3.05, 3.63) is 72.1 Å². The minimum atomic E-state index is -4.17. The number of nitrogens with one attached hydrogen (secondary N) is 1. The average Bonchev–Trinajstić information content (AvgIpc) is 3.44. The normalized spacial score (nSPS) is 14.5. The number of hydrogen-bond acceptors (Lipinski definition) is 7. The topological polar surface area (TPSA) is 140 Å². The molecule has 3 N–H and O–H groups in total. The number of hydroxylamine groups is 2. The van der Waals surface area contributed by atoms with Gasteiger partial charge in [-0.2, -0.15) is 8.42 Å². The largest absolute Gasteiger partial charge is 0.379 e. The van der Waals surface area contributed by atoms with E-state index in [0.29, 0.717) is 33.9 Å². The summed E-state index contributed by atoms with van der Waals surface area (Å²) in [5, 5.41) is 9.24. The SMILES string of the molecule is Cn1cc(C2=C(c3cn(CCSC(=N)N)c4ccccc34)C(=O)N(OS(C)(=O)=O)C2=O)c2ccccc21. The number of imide groups is 1. The smallest absolute Gasteiger partial charge is 0.287 e. The Hall–Kier alpha value is -3.87. The van der Waals surface area contributed by atoms with E-state index in [9.17, 15) is 18.0 Å². The molecule has 0 bridgehead atoms. The Balaban J connectivity index is 1.76. The Morgan fingerprint density at radius 1 is 0.946 bits per heavy atom. The molecule has 37 heavy (non-hydrogen) atoms. The highest BCUT2D eigenvalue weighted by Gasteiger charge is 2.44. The van der Waals surface area contributed by atoms with Crippen molar-refractivity contribution in [2.45, 2.75) is 6.54 Å². The Labute approximate surface area is 216 Å². The fraction of sp³-hybridized carbons (Fsp3) is 0.160. The molecule has 12 heteroatoms. The van der Waals surface area contributed by atoms with E-state index in [2.05, 4.69) is 0 Å². The Morgan fingerprint density at radius 2 is 1.49 bits per heavy atom. The van der Waals surface area contributed by atoms with Crippen molar-refractivity contribution in [3.8, 4) is 0 Å². The van der Waals surface area contributed by atoms with Crippen LogP contribution in [0.2, 0.25) is 0 Å². The summed E-state index contributed by atoms with van der Waals surface area (Å²) in [6.07, 6.45) is 4.29. The average molecular weight is 538 g/mol. The molecule has 0 saturated heterocycles. The van der Waals surface area contributed by atoms with Crippen molar-refractivity contribution in [1.29, 1.82) is 5.41 Å². The number of aryl methyl sites for hydroxylation is 2. The molecule has 2 amide bonds. The first-order chi connectivity index (χ1) is 17.6. The Kier molecular flexibility index (Phi) is 6.18. The summed E-state index contributed by atoms with van der Waals surface area (Å²) in [7, 11) is -2.34. The number of fused-ring (bicyclic) bond motifs is 2. The molecular weight excluding hydrogens is 514 g/mol. The van der Waals surface area contributed by atoms with Crippen LogP contribution < -0.4 is 5.73 Å². The van der Waals surface area contributed by atoms with Crippen LogP contribution in [0.4, 0.5) is 0 Å². The van der Waals surface area contributed by atoms with E-state index >= 15 is 0 Å². The van der Waals surface area contributed by atoms with Gasteiger partial charge in [0.25, 0.3) is 21.9 Å². The number of amidine groups is 1.